The van der Waals surface area contributed by atoms with Gasteiger partial charge in [0, 0.05) is 31.6 Å². The molecule has 0 aliphatic heterocycles. The van der Waals surface area contributed by atoms with E-state index >= 15 is 0 Å². The van der Waals surface area contributed by atoms with Crippen molar-refractivity contribution in [3.8, 4) is 0 Å². The number of hydrogen-bond donors (Lipinski definition) is 1. The van der Waals surface area contributed by atoms with Gasteiger partial charge in [-0.2, -0.15) is 0 Å². The third-order valence-corrected chi connectivity index (χ3v) is 0. The van der Waals surface area contributed by atoms with E-state index in [9.17, 15) is 0 Å². The van der Waals surface area contributed by atoms with E-state index < -0.39 is 0 Å². The normalized spacial score (nSPS) is 3.60. The van der Waals surface area contributed by atoms with Crippen LogP contribution >= 0.6 is 0 Å². The van der Waals surface area contributed by atoms with Crippen LogP contribution in [0.15, 0.2) is 0 Å². The Morgan fingerprint density at radius 1 is 1.60 bits per heavy atom. The Bertz CT molecular complexity index is 9.61. The van der Waals surface area contributed by atoms with Crippen molar-refractivity contribution in [2.75, 3.05) is 6.61 Å². The second kappa shape index (κ2) is 24.3. The van der Waals surface area contributed by atoms with Crippen LogP contribution in [0.5, 0.6) is 0 Å². The molecule has 3 heteroatoms. The first-order chi connectivity index (χ1) is 1.41. The molecule has 0 aromatic rings. The summed E-state index contributed by atoms with van der Waals surface area (Å²) in [6.07, 6.45) is 0. The predicted octanol–water partition coefficient (Wildman–Crippen LogP) is -0.863. The molecule has 0 bridgehead atoms. The van der Waals surface area contributed by atoms with Gasteiger partial charge in [0.25, 0.3) is 0 Å². The molecule has 0 amide bonds. The molecule has 0 aromatic heterocycles. The molecule has 26 valence electrons. The molecule has 0 spiro atoms. The topological polar surface area (TPSA) is 50.7 Å². The van der Waals surface area contributed by atoms with E-state index in [2.05, 4.69) is 0 Å². The van der Waals surface area contributed by atoms with Gasteiger partial charge in [0.15, 0.2) is 0 Å². The first-order valence-corrected chi connectivity index (χ1v) is 1.02. The van der Waals surface area contributed by atoms with Crippen LogP contribution in [0.1, 0.15) is 6.92 Å². The fraction of sp³-hybridized carbons (Fsp3) is 1.00. The minimum Gasteiger partial charge on any atom is -0.397 e. The van der Waals surface area contributed by atoms with Crippen LogP contribution in [0.3, 0.4) is 0 Å². The molecule has 2 nitrogen and oxygen atoms in total. The van der Waals surface area contributed by atoms with Gasteiger partial charge in [-0.1, -0.05) is 0 Å². The van der Waals surface area contributed by atoms with E-state index in [-0.39, 0.29) is 31.6 Å². The van der Waals surface area contributed by atoms with Crippen LogP contribution in [-0.4, -0.2) is 30.6 Å². The number of hydrogen-bond acceptors (Lipinski definition) is 1. The molecule has 0 saturated carbocycles. The van der Waals surface area contributed by atoms with E-state index in [1.807, 2.05) is 0 Å². The molecule has 4 radical (unpaired) electrons. The summed E-state index contributed by atoms with van der Waals surface area (Å²) in [6, 6.07) is 0. The summed E-state index contributed by atoms with van der Waals surface area (Å²) in [5.41, 5.74) is 0. The van der Waals surface area contributed by atoms with Crippen molar-refractivity contribution in [3.05, 3.63) is 0 Å². The van der Waals surface area contributed by atoms with Crippen LogP contribution in [0.4, 0.5) is 0 Å². The Labute approximate surface area is 44.3 Å². The van der Waals surface area contributed by atoms with E-state index in [0.29, 0.717) is 0 Å². The Kier molecular flexibility index (Phi) is 86.3. The largest absolute Gasteiger partial charge is 0.397 e. The van der Waals surface area contributed by atoms with Gasteiger partial charge in [0.05, 0.1) is 0 Å². The van der Waals surface area contributed by atoms with Crippen LogP contribution in [0.25, 0.3) is 0 Å². The van der Waals surface area contributed by atoms with Crippen molar-refractivity contribution in [2.24, 2.45) is 0 Å². The predicted molar refractivity (Wildman–Crippen MR) is 20.6 cm³/mol. The quantitative estimate of drug-likeness (QED) is 0.368. The van der Waals surface area contributed by atoms with Crippen molar-refractivity contribution < 1.29 is 5.11 Å². The molecule has 5 heavy (non-hydrogen) atoms. The van der Waals surface area contributed by atoms with Crippen molar-refractivity contribution >= 4 is 18.9 Å². The summed E-state index contributed by atoms with van der Waals surface area (Å²) in [4.78, 5) is 0. The summed E-state index contributed by atoms with van der Waals surface area (Å²) < 4.78 is 0. The monoisotopic (exact) mass is 67.1 g/mol. The smallest absolute Gasteiger partial charge is 0.0402 e. The molecule has 0 rings (SSSR count). The zero-order valence-electron chi connectivity index (χ0n) is 3.60. The molecule has 0 aliphatic carbocycles. The summed E-state index contributed by atoms with van der Waals surface area (Å²) in [7, 11) is 0. The Morgan fingerprint density at radius 2 is 1.60 bits per heavy atom. The summed E-state index contributed by atoms with van der Waals surface area (Å²) >= 11 is 0. The maximum atomic E-state index is 7.57. The second-order valence-electron chi connectivity index (χ2n) is 0.316. The molecule has 0 aliphatic rings. The van der Waals surface area contributed by atoms with Gasteiger partial charge in [-0.3, -0.25) is 0 Å². The minimum absolute atomic E-state index is 0. The van der Waals surface area contributed by atoms with Crippen LogP contribution in [0, 0.1) is 0 Å². The molecule has 0 atom stereocenters. The average molecular weight is 67.0 g/mol. The van der Waals surface area contributed by atoms with E-state index in [1.54, 1.807) is 6.92 Å². The Balaban J connectivity index is -0.0000000200. The van der Waals surface area contributed by atoms with Crippen molar-refractivity contribution in [1.82, 2.24) is 6.15 Å². The summed E-state index contributed by atoms with van der Waals surface area (Å²) in [5, 5.41) is 7.57. The first-order valence-electron chi connectivity index (χ1n) is 1.02. The molecular formula is C2H6LiNO. The molecule has 0 saturated heterocycles. The SMILES string of the molecule is CCO.[Li].[N]. The standard InChI is InChI=1S/C2H6O.Li.N/c1-2-3;;/h3H,2H2,1H3;;. The molecule has 0 aromatic carbocycles. The number of rotatable bonds is 0. The number of aliphatic hydroxyl groups excluding tert-OH is 1. The van der Waals surface area contributed by atoms with Crippen LogP contribution < -0.4 is 6.15 Å². The van der Waals surface area contributed by atoms with Gasteiger partial charge < -0.3 is 5.11 Å². The summed E-state index contributed by atoms with van der Waals surface area (Å²) in [5.74, 6) is 0. The molecule has 0 unspecified atom stereocenters. The fourth-order valence-corrected chi connectivity index (χ4v) is 0. The number of aliphatic hydroxyl groups is 1. The molecule has 0 fully saturated rings. The van der Waals surface area contributed by atoms with Gasteiger partial charge in [-0.05, 0) is 6.92 Å². The average Bonchev–Trinajstić information content (AvgIpc) is 0.918. The second-order valence-corrected chi connectivity index (χ2v) is 0.316. The van der Waals surface area contributed by atoms with E-state index in [4.69, 9.17) is 5.11 Å². The van der Waals surface area contributed by atoms with Crippen molar-refractivity contribution in [3.63, 3.8) is 0 Å². The zero-order chi connectivity index (χ0) is 2.71. The first kappa shape index (κ1) is 17.8. The molecule has 1 N–H and O–H groups in total. The van der Waals surface area contributed by atoms with Gasteiger partial charge >= 0.3 is 0 Å². The summed E-state index contributed by atoms with van der Waals surface area (Å²) in [6.45, 7) is 1.93. The van der Waals surface area contributed by atoms with E-state index in [0.717, 1.165) is 0 Å². The van der Waals surface area contributed by atoms with Gasteiger partial charge in [0.1, 0.15) is 0 Å². The molecular weight excluding hydrogens is 61.0 g/mol. The Hall–Kier alpha value is 0.517. The van der Waals surface area contributed by atoms with Gasteiger partial charge in [0.2, 0.25) is 0 Å². The third-order valence-electron chi connectivity index (χ3n) is 0. The number of nitrogens with zero attached hydrogens (tertiary/aromatic N) is 1. The maximum absolute atomic E-state index is 7.57. The minimum atomic E-state index is 0. The zero-order valence-corrected chi connectivity index (χ0v) is 3.60. The van der Waals surface area contributed by atoms with Gasteiger partial charge in [-0.25, -0.2) is 0 Å². The van der Waals surface area contributed by atoms with Crippen LogP contribution in [0.2, 0.25) is 0 Å². The van der Waals surface area contributed by atoms with Crippen molar-refractivity contribution in [2.45, 2.75) is 6.92 Å². The van der Waals surface area contributed by atoms with Crippen molar-refractivity contribution in [1.29, 1.82) is 0 Å². The fourth-order valence-electron chi connectivity index (χ4n) is 0. The Morgan fingerprint density at radius 3 is 1.60 bits per heavy atom. The van der Waals surface area contributed by atoms with Crippen LogP contribution in [-0.2, 0) is 0 Å². The third kappa shape index (κ3) is 107. The molecule has 0 heterocycles. The van der Waals surface area contributed by atoms with Gasteiger partial charge in [-0.15, -0.1) is 0 Å². The van der Waals surface area contributed by atoms with E-state index in [1.165, 1.54) is 0 Å². The maximum Gasteiger partial charge on any atom is 0.0402 e.